The SMILES string of the molecule is C#CCN(CC)c1cc(CNC)cc(CCC)n1. The van der Waals surface area contributed by atoms with E-state index in [2.05, 4.69) is 42.1 Å². The molecule has 1 heterocycles. The summed E-state index contributed by atoms with van der Waals surface area (Å²) in [6.07, 6.45) is 7.52. The van der Waals surface area contributed by atoms with Crippen molar-refractivity contribution in [1.29, 1.82) is 0 Å². The molecule has 1 aromatic rings. The summed E-state index contributed by atoms with van der Waals surface area (Å²) in [6.45, 7) is 6.62. The molecular formula is C15H23N3. The molecule has 0 atom stereocenters. The van der Waals surface area contributed by atoms with Crippen LogP contribution in [0.5, 0.6) is 0 Å². The van der Waals surface area contributed by atoms with E-state index in [1.54, 1.807) is 0 Å². The van der Waals surface area contributed by atoms with Crippen LogP contribution in [0.4, 0.5) is 5.82 Å². The fourth-order valence-electron chi connectivity index (χ4n) is 1.95. The molecule has 0 bridgehead atoms. The van der Waals surface area contributed by atoms with Crippen LogP contribution in [0, 0.1) is 12.3 Å². The summed E-state index contributed by atoms with van der Waals surface area (Å²) >= 11 is 0. The highest BCUT2D eigenvalue weighted by Gasteiger charge is 2.08. The number of terminal acetylenes is 1. The third-order valence-corrected chi connectivity index (χ3v) is 2.80. The van der Waals surface area contributed by atoms with E-state index < -0.39 is 0 Å². The molecule has 0 fully saturated rings. The molecular weight excluding hydrogens is 222 g/mol. The Bertz CT molecular complexity index is 382. The predicted octanol–water partition coefficient (Wildman–Crippen LogP) is 2.21. The number of nitrogens with one attached hydrogen (secondary N) is 1. The van der Waals surface area contributed by atoms with Crippen LogP contribution >= 0.6 is 0 Å². The molecule has 0 aliphatic rings. The Hall–Kier alpha value is -1.53. The smallest absolute Gasteiger partial charge is 0.129 e. The second kappa shape index (κ2) is 7.73. The molecule has 0 radical (unpaired) electrons. The first kappa shape index (κ1) is 14.5. The summed E-state index contributed by atoms with van der Waals surface area (Å²) < 4.78 is 0. The van der Waals surface area contributed by atoms with Crippen molar-refractivity contribution in [2.75, 3.05) is 25.0 Å². The number of aromatic nitrogens is 1. The quantitative estimate of drug-likeness (QED) is 0.747. The summed E-state index contributed by atoms with van der Waals surface area (Å²) in [5.41, 5.74) is 2.41. The molecule has 0 aliphatic carbocycles. The Kier molecular flexibility index (Phi) is 6.24. The summed E-state index contributed by atoms with van der Waals surface area (Å²) in [5.74, 6) is 3.68. The van der Waals surface area contributed by atoms with Crippen molar-refractivity contribution in [2.24, 2.45) is 0 Å². The van der Waals surface area contributed by atoms with Crippen LogP contribution in [0.2, 0.25) is 0 Å². The molecule has 0 aromatic carbocycles. The Balaban J connectivity index is 3.04. The second-order valence-electron chi connectivity index (χ2n) is 4.32. The largest absolute Gasteiger partial charge is 0.346 e. The summed E-state index contributed by atoms with van der Waals surface area (Å²) in [6, 6.07) is 4.30. The Morgan fingerprint density at radius 2 is 2.17 bits per heavy atom. The van der Waals surface area contributed by atoms with Crippen LogP contribution in [-0.2, 0) is 13.0 Å². The maximum absolute atomic E-state index is 5.40. The minimum absolute atomic E-state index is 0.609. The van der Waals surface area contributed by atoms with Gasteiger partial charge in [-0.25, -0.2) is 4.98 Å². The number of anilines is 1. The van der Waals surface area contributed by atoms with Crippen molar-refractivity contribution >= 4 is 5.82 Å². The molecule has 0 saturated carbocycles. The standard InChI is InChI=1S/C15H23N3/c1-5-8-14-10-13(12-16-4)11-15(17-14)18(7-3)9-6-2/h2,10-11,16H,5,7-9,12H2,1,3-4H3. The van der Waals surface area contributed by atoms with E-state index in [-0.39, 0.29) is 0 Å². The molecule has 0 aliphatic heterocycles. The van der Waals surface area contributed by atoms with Crippen LogP contribution in [0.1, 0.15) is 31.5 Å². The molecule has 1 N–H and O–H groups in total. The van der Waals surface area contributed by atoms with Gasteiger partial charge in [0, 0.05) is 18.8 Å². The highest BCUT2D eigenvalue weighted by Crippen LogP contribution is 2.16. The van der Waals surface area contributed by atoms with Gasteiger partial charge in [0.1, 0.15) is 5.82 Å². The third-order valence-electron chi connectivity index (χ3n) is 2.80. The Labute approximate surface area is 111 Å². The minimum Gasteiger partial charge on any atom is -0.346 e. The lowest BCUT2D eigenvalue weighted by Crippen LogP contribution is -2.24. The molecule has 3 nitrogen and oxygen atoms in total. The zero-order valence-corrected chi connectivity index (χ0v) is 11.7. The van der Waals surface area contributed by atoms with Crippen molar-refractivity contribution in [3.63, 3.8) is 0 Å². The summed E-state index contributed by atoms with van der Waals surface area (Å²) in [5, 5.41) is 3.18. The van der Waals surface area contributed by atoms with E-state index in [9.17, 15) is 0 Å². The summed E-state index contributed by atoms with van der Waals surface area (Å²) in [7, 11) is 1.96. The van der Waals surface area contributed by atoms with Gasteiger partial charge in [0.05, 0.1) is 6.54 Å². The van der Waals surface area contributed by atoms with E-state index in [1.807, 2.05) is 7.05 Å². The molecule has 0 unspecified atom stereocenters. The molecule has 3 heteroatoms. The van der Waals surface area contributed by atoms with Gasteiger partial charge >= 0.3 is 0 Å². The molecule has 0 spiro atoms. The molecule has 18 heavy (non-hydrogen) atoms. The number of nitrogens with zero attached hydrogens (tertiary/aromatic N) is 2. The highest BCUT2D eigenvalue weighted by atomic mass is 15.2. The van der Waals surface area contributed by atoms with Crippen molar-refractivity contribution in [3.05, 3.63) is 23.4 Å². The van der Waals surface area contributed by atoms with E-state index in [1.165, 1.54) is 5.56 Å². The van der Waals surface area contributed by atoms with Gasteiger partial charge in [0.2, 0.25) is 0 Å². The zero-order valence-electron chi connectivity index (χ0n) is 11.7. The lowest BCUT2D eigenvalue weighted by atomic mass is 10.1. The van der Waals surface area contributed by atoms with Gasteiger partial charge in [-0.05, 0) is 38.1 Å². The first-order valence-corrected chi connectivity index (χ1v) is 6.58. The minimum atomic E-state index is 0.609. The van der Waals surface area contributed by atoms with E-state index >= 15 is 0 Å². The fraction of sp³-hybridized carbons (Fsp3) is 0.533. The number of pyridine rings is 1. The van der Waals surface area contributed by atoms with E-state index in [4.69, 9.17) is 11.4 Å². The number of rotatable bonds is 7. The van der Waals surface area contributed by atoms with Crippen LogP contribution in [-0.4, -0.2) is 25.1 Å². The first-order chi connectivity index (χ1) is 8.74. The van der Waals surface area contributed by atoms with Gasteiger partial charge in [-0.2, -0.15) is 0 Å². The summed E-state index contributed by atoms with van der Waals surface area (Å²) in [4.78, 5) is 6.82. The van der Waals surface area contributed by atoms with Crippen molar-refractivity contribution in [3.8, 4) is 12.3 Å². The van der Waals surface area contributed by atoms with Crippen molar-refractivity contribution < 1.29 is 0 Å². The van der Waals surface area contributed by atoms with Crippen LogP contribution in [0.3, 0.4) is 0 Å². The van der Waals surface area contributed by atoms with Gasteiger partial charge in [-0.1, -0.05) is 19.3 Å². The monoisotopic (exact) mass is 245 g/mol. The molecule has 98 valence electrons. The van der Waals surface area contributed by atoms with Crippen LogP contribution in [0.15, 0.2) is 12.1 Å². The van der Waals surface area contributed by atoms with Gasteiger partial charge in [0.25, 0.3) is 0 Å². The van der Waals surface area contributed by atoms with Crippen molar-refractivity contribution in [1.82, 2.24) is 10.3 Å². The molecule has 1 aromatic heterocycles. The number of hydrogen-bond acceptors (Lipinski definition) is 3. The second-order valence-corrected chi connectivity index (χ2v) is 4.32. The van der Waals surface area contributed by atoms with Gasteiger partial charge in [-0.15, -0.1) is 6.42 Å². The lowest BCUT2D eigenvalue weighted by molar-refractivity contribution is 0.796. The maximum atomic E-state index is 5.40. The molecule has 0 amide bonds. The van der Waals surface area contributed by atoms with Crippen molar-refractivity contribution in [2.45, 2.75) is 33.2 Å². The average Bonchev–Trinajstić information content (AvgIpc) is 2.36. The fourth-order valence-corrected chi connectivity index (χ4v) is 1.95. The molecule has 0 saturated heterocycles. The van der Waals surface area contributed by atoms with E-state index in [0.29, 0.717) is 6.54 Å². The Morgan fingerprint density at radius 1 is 1.39 bits per heavy atom. The zero-order chi connectivity index (χ0) is 13.4. The molecule has 1 rings (SSSR count). The van der Waals surface area contributed by atoms with Gasteiger partial charge in [0.15, 0.2) is 0 Å². The van der Waals surface area contributed by atoms with Crippen LogP contribution < -0.4 is 10.2 Å². The average molecular weight is 245 g/mol. The Morgan fingerprint density at radius 3 is 2.72 bits per heavy atom. The number of aryl methyl sites for hydroxylation is 1. The van der Waals surface area contributed by atoms with Gasteiger partial charge < -0.3 is 10.2 Å². The number of hydrogen-bond donors (Lipinski definition) is 1. The predicted molar refractivity (Wildman–Crippen MR) is 77.7 cm³/mol. The van der Waals surface area contributed by atoms with E-state index in [0.717, 1.165) is 37.4 Å². The normalized spacial score (nSPS) is 10.1. The van der Waals surface area contributed by atoms with Gasteiger partial charge in [-0.3, -0.25) is 0 Å². The maximum Gasteiger partial charge on any atom is 0.129 e. The lowest BCUT2D eigenvalue weighted by Gasteiger charge is -2.21. The first-order valence-electron chi connectivity index (χ1n) is 6.58. The topological polar surface area (TPSA) is 28.2 Å². The third kappa shape index (κ3) is 4.05. The van der Waals surface area contributed by atoms with Crippen LogP contribution in [0.25, 0.3) is 0 Å². The highest BCUT2D eigenvalue weighted by molar-refractivity contribution is 5.44.